The Hall–Kier alpha value is -0.860. The predicted octanol–water partition coefficient (Wildman–Crippen LogP) is 2.39. The maximum absolute atomic E-state index is 3.46. The second-order valence-electron chi connectivity index (χ2n) is 4.64. The fourth-order valence-corrected chi connectivity index (χ4v) is 1.68. The van der Waals surface area contributed by atoms with Crippen molar-refractivity contribution < 1.29 is 0 Å². The van der Waals surface area contributed by atoms with Gasteiger partial charge in [0.05, 0.1) is 0 Å². The van der Waals surface area contributed by atoms with Crippen LogP contribution in [-0.4, -0.2) is 19.1 Å². The molecule has 1 aromatic carbocycles. The van der Waals surface area contributed by atoms with Crippen LogP contribution in [0.3, 0.4) is 0 Å². The highest BCUT2D eigenvalue weighted by atomic mass is 15.0. The number of rotatable bonds is 6. The lowest BCUT2D eigenvalue weighted by Gasteiger charge is -2.11. The van der Waals surface area contributed by atoms with Crippen molar-refractivity contribution in [1.29, 1.82) is 0 Å². The summed E-state index contributed by atoms with van der Waals surface area (Å²) < 4.78 is 0. The molecule has 90 valence electrons. The van der Waals surface area contributed by atoms with E-state index in [2.05, 4.69) is 56.5 Å². The highest BCUT2D eigenvalue weighted by Gasteiger charge is 1.99. The van der Waals surface area contributed by atoms with Crippen LogP contribution >= 0.6 is 0 Å². The summed E-state index contributed by atoms with van der Waals surface area (Å²) in [7, 11) is 0. The van der Waals surface area contributed by atoms with E-state index in [0.717, 1.165) is 19.6 Å². The van der Waals surface area contributed by atoms with Gasteiger partial charge in [-0.05, 0) is 30.5 Å². The van der Waals surface area contributed by atoms with Crippen molar-refractivity contribution in [3.63, 3.8) is 0 Å². The first-order valence-corrected chi connectivity index (χ1v) is 6.10. The van der Waals surface area contributed by atoms with Crippen molar-refractivity contribution in [3.05, 3.63) is 34.9 Å². The van der Waals surface area contributed by atoms with E-state index in [-0.39, 0.29) is 0 Å². The minimum Gasteiger partial charge on any atom is -0.313 e. The Balaban J connectivity index is 2.29. The Kier molecular flexibility index (Phi) is 5.50. The highest BCUT2D eigenvalue weighted by Crippen LogP contribution is 2.11. The summed E-state index contributed by atoms with van der Waals surface area (Å²) in [4.78, 5) is 0. The minimum atomic E-state index is 0.572. The van der Waals surface area contributed by atoms with Crippen LogP contribution in [0.1, 0.15) is 30.5 Å². The van der Waals surface area contributed by atoms with Crippen LogP contribution in [0.5, 0.6) is 0 Å². The van der Waals surface area contributed by atoms with Gasteiger partial charge < -0.3 is 10.6 Å². The third-order valence-corrected chi connectivity index (χ3v) is 2.89. The number of aryl methyl sites for hydroxylation is 1. The smallest absolute Gasteiger partial charge is 0.0208 e. The van der Waals surface area contributed by atoms with Gasteiger partial charge in [0.2, 0.25) is 0 Å². The van der Waals surface area contributed by atoms with Crippen molar-refractivity contribution in [3.8, 4) is 0 Å². The van der Waals surface area contributed by atoms with E-state index in [0.29, 0.717) is 6.04 Å². The third kappa shape index (κ3) is 4.33. The molecule has 2 N–H and O–H groups in total. The molecule has 0 bridgehead atoms. The maximum atomic E-state index is 3.46. The normalized spacial score (nSPS) is 11.1. The van der Waals surface area contributed by atoms with Crippen molar-refractivity contribution in [1.82, 2.24) is 10.6 Å². The molecule has 1 aromatic rings. The van der Waals surface area contributed by atoms with Gasteiger partial charge in [-0.1, -0.05) is 32.0 Å². The molecule has 0 unspecified atom stereocenters. The zero-order chi connectivity index (χ0) is 12.0. The maximum Gasteiger partial charge on any atom is 0.0208 e. The van der Waals surface area contributed by atoms with E-state index < -0.39 is 0 Å². The monoisotopic (exact) mass is 220 g/mol. The van der Waals surface area contributed by atoms with Gasteiger partial charge in [0.25, 0.3) is 0 Å². The molecule has 0 heterocycles. The van der Waals surface area contributed by atoms with Gasteiger partial charge in [-0.2, -0.15) is 0 Å². The van der Waals surface area contributed by atoms with E-state index in [4.69, 9.17) is 0 Å². The molecule has 0 spiro atoms. The van der Waals surface area contributed by atoms with E-state index in [1.165, 1.54) is 16.7 Å². The molecule has 0 aliphatic carbocycles. The lowest BCUT2D eigenvalue weighted by molar-refractivity contribution is 0.555. The molecule has 0 saturated carbocycles. The molecular weight excluding hydrogens is 196 g/mol. The molecule has 16 heavy (non-hydrogen) atoms. The molecular formula is C14H24N2. The molecule has 0 aromatic heterocycles. The standard InChI is InChI=1S/C14H24N2/c1-11(2)16-9-8-15-10-14-7-5-6-12(3)13(14)4/h5-7,11,15-16H,8-10H2,1-4H3. The Morgan fingerprint density at radius 1 is 1.12 bits per heavy atom. The summed E-state index contributed by atoms with van der Waals surface area (Å²) in [6, 6.07) is 7.07. The summed E-state index contributed by atoms with van der Waals surface area (Å²) in [6.07, 6.45) is 0. The molecule has 0 aliphatic rings. The number of hydrogen-bond acceptors (Lipinski definition) is 2. The van der Waals surface area contributed by atoms with Crippen LogP contribution in [0.4, 0.5) is 0 Å². The predicted molar refractivity (Wildman–Crippen MR) is 70.8 cm³/mol. The summed E-state index contributed by atoms with van der Waals surface area (Å²) in [5.74, 6) is 0. The average molecular weight is 220 g/mol. The van der Waals surface area contributed by atoms with Crippen molar-refractivity contribution >= 4 is 0 Å². The minimum absolute atomic E-state index is 0.572. The van der Waals surface area contributed by atoms with E-state index in [1.54, 1.807) is 0 Å². The largest absolute Gasteiger partial charge is 0.313 e. The first-order chi connectivity index (χ1) is 7.61. The molecule has 0 saturated heterocycles. The molecule has 0 atom stereocenters. The van der Waals surface area contributed by atoms with Gasteiger partial charge in [-0.25, -0.2) is 0 Å². The first kappa shape index (κ1) is 13.2. The van der Waals surface area contributed by atoms with Crippen LogP contribution in [0.2, 0.25) is 0 Å². The summed E-state index contributed by atoms with van der Waals surface area (Å²) in [5, 5.41) is 6.86. The van der Waals surface area contributed by atoms with Gasteiger partial charge in [-0.3, -0.25) is 0 Å². The highest BCUT2D eigenvalue weighted by molar-refractivity contribution is 5.32. The molecule has 0 amide bonds. The lowest BCUT2D eigenvalue weighted by atomic mass is 10.0. The molecule has 2 heteroatoms. The first-order valence-electron chi connectivity index (χ1n) is 6.10. The van der Waals surface area contributed by atoms with Crippen LogP contribution in [0.25, 0.3) is 0 Å². The fourth-order valence-electron chi connectivity index (χ4n) is 1.68. The molecule has 2 nitrogen and oxygen atoms in total. The fraction of sp³-hybridized carbons (Fsp3) is 0.571. The topological polar surface area (TPSA) is 24.1 Å². The quantitative estimate of drug-likeness (QED) is 0.719. The van der Waals surface area contributed by atoms with E-state index in [9.17, 15) is 0 Å². The third-order valence-electron chi connectivity index (χ3n) is 2.89. The lowest BCUT2D eigenvalue weighted by Crippen LogP contribution is -2.31. The van der Waals surface area contributed by atoms with Crippen LogP contribution < -0.4 is 10.6 Å². The van der Waals surface area contributed by atoms with Crippen molar-refractivity contribution in [2.75, 3.05) is 13.1 Å². The molecule has 0 aliphatic heterocycles. The van der Waals surface area contributed by atoms with Crippen molar-refractivity contribution in [2.24, 2.45) is 0 Å². The zero-order valence-electron chi connectivity index (χ0n) is 10.9. The van der Waals surface area contributed by atoms with E-state index in [1.807, 2.05) is 0 Å². The molecule has 0 radical (unpaired) electrons. The van der Waals surface area contributed by atoms with Crippen LogP contribution in [0, 0.1) is 13.8 Å². The average Bonchev–Trinajstić information content (AvgIpc) is 2.23. The van der Waals surface area contributed by atoms with Crippen molar-refractivity contribution in [2.45, 2.75) is 40.3 Å². The van der Waals surface area contributed by atoms with Gasteiger partial charge in [0.1, 0.15) is 0 Å². The van der Waals surface area contributed by atoms with Crippen LogP contribution in [-0.2, 0) is 6.54 Å². The number of nitrogens with one attached hydrogen (secondary N) is 2. The summed E-state index contributed by atoms with van der Waals surface area (Å²) in [5.41, 5.74) is 4.19. The SMILES string of the molecule is Cc1cccc(CNCCNC(C)C)c1C. The number of hydrogen-bond donors (Lipinski definition) is 2. The second kappa shape index (κ2) is 6.66. The Morgan fingerprint density at radius 3 is 2.56 bits per heavy atom. The van der Waals surface area contributed by atoms with Gasteiger partial charge in [-0.15, -0.1) is 0 Å². The second-order valence-corrected chi connectivity index (χ2v) is 4.64. The van der Waals surface area contributed by atoms with Crippen LogP contribution in [0.15, 0.2) is 18.2 Å². The molecule has 0 fully saturated rings. The summed E-state index contributed by atoms with van der Waals surface area (Å²) in [6.45, 7) is 11.7. The Bertz CT molecular complexity index is 319. The van der Waals surface area contributed by atoms with Gasteiger partial charge >= 0.3 is 0 Å². The van der Waals surface area contributed by atoms with Gasteiger partial charge in [0, 0.05) is 25.7 Å². The van der Waals surface area contributed by atoms with E-state index >= 15 is 0 Å². The zero-order valence-corrected chi connectivity index (χ0v) is 10.9. The summed E-state index contributed by atoms with van der Waals surface area (Å²) >= 11 is 0. The Labute approximate surface area is 99.5 Å². The van der Waals surface area contributed by atoms with Gasteiger partial charge in [0.15, 0.2) is 0 Å². The molecule has 1 rings (SSSR count). The Morgan fingerprint density at radius 2 is 1.88 bits per heavy atom. The number of benzene rings is 1.